The Labute approximate surface area is 149 Å². The van der Waals surface area contributed by atoms with Gasteiger partial charge in [0.25, 0.3) is 5.56 Å². The minimum absolute atomic E-state index is 0.0731. The van der Waals surface area contributed by atoms with Gasteiger partial charge < -0.3 is 9.67 Å². The highest BCUT2D eigenvalue weighted by Crippen LogP contribution is 2.22. The highest BCUT2D eigenvalue weighted by molar-refractivity contribution is 9.10. The van der Waals surface area contributed by atoms with Crippen LogP contribution in [0.4, 0.5) is 0 Å². The van der Waals surface area contributed by atoms with Crippen molar-refractivity contribution >= 4 is 38.7 Å². The molecule has 7 nitrogen and oxygen atoms in total. The Kier molecular flexibility index (Phi) is 4.62. The second kappa shape index (κ2) is 6.54. The molecule has 1 aromatic carbocycles. The quantitative estimate of drug-likeness (QED) is 0.655. The molecule has 0 saturated heterocycles. The average Bonchev–Trinajstić information content (AvgIpc) is 2.89. The summed E-state index contributed by atoms with van der Waals surface area (Å²) in [4.78, 5) is 29.3. The van der Waals surface area contributed by atoms with Crippen LogP contribution in [0, 0.1) is 0 Å². The molecule has 0 aliphatic heterocycles. The first-order chi connectivity index (χ1) is 11.5. The molecule has 0 atom stereocenters. The lowest BCUT2D eigenvalue weighted by Gasteiger charge is -2.10. The molecule has 126 valence electrons. The molecule has 0 bridgehead atoms. The van der Waals surface area contributed by atoms with E-state index in [2.05, 4.69) is 20.9 Å². The van der Waals surface area contributed by atoms with Gasteiger partial charge in [-0.15, -0.1) is 0 Å². The molecule has 1 N–H and O–H groups in total. The van der Waals surface area contributed by atoms with E-state index < -0.39 is 11.2 Å². The Hall–Kier alpha value is -1.90. The Morgan fingerprint density at radius 3 is 2.62 bits per heavy atom. The van der Waals surface area contributed by atoms with Gasteiger partial charge in [0, 0.05) is 12.1 Å². The van der Waals surface area contributed by atoms with Gasteiger partial charge in [-0.2, -0.15) is 0 Å². The standard InChI is InChI=1S/C15H14BrClN4O3/c1-19-12-11(13(23)20(6-7-22)15(19)24)21(14(16)18-12)8-9-4-2-3-5-10(9)17/h2-5,22H,6-8H2,1H3. The molecule has 24 heavy (non-hydrogen) atoms. The lowest BCUT2D eigenvalue weighted by atomic mass is 10.2. The number of aryl methyl sites for hydroxylation is 1. The maximum Gasteiger partial charge on any atom is 0.332 e. The van der Waals surface area contributed by atoms with Gasteiger partial charge in [0.15, 0.2) is 15.9 Å². The lowest BCUT2D eigenvalue weighted by molar-refractivity contribution is 0.271. The Bertz CT molecular complexity index is 1040. The number of imidazole rings is 1. The molecule has 0 amide bonds. The zero-order valence-electron chi connectivity index (χ0n) is 12.7. The van der Waals surface area contributed by atoms with Crippen LogP contribution < -0.4 is 11.2 Å². The van der Waals surface area contributed by atoms with Gasteiger partial charge in [0.1, 0.15) is 0 Å². The van der Waals surface area contributed by atoms with Crippen molar-refractivity contribution in [2.24, 2.45) is 7.05 Å². The van der Waals surface area contributed by atoms with E-state index in [0.717, 1.165) is 10.1 Å². The summed E-state index contributed by atoms with van der Waals surface area (Å²) in [5.41, 5.74) is 0.362. The molecule has 0 saturated carbocycles. The largest absolute Gasteiger partial charge is 0.395 e. The smallest absolute Gasteiger partial charge is 0.332 e. The minimum atomic E-state index is -0.517. The molecule has 0 spiro atoms. The number of rotatable bonds is 4. The van der Waals surface area contributed by atoms with Gasteiger partial charge >= 0.3 is 5.69 Å². The third-order valence-corrected chi connectivity index (χ3v) is 4.77. The second-order valence-corrected chi connectivity index (χ2v) is 6.37. The predicted octanol–water partition coefficient (Wildman–Crippen LogP) is 1.35. The summed E-state index contributed by atoms with van der Waals surface area (Å²) in [6.45, 7) is -0.0554. The molecule has 0 aliphatic carbocycles. The SMILES string of the molecule is Cn1c(=O)n(CCO)c(=O)c2c1nc(Br)n2Cc1ccccc1Cl. The number of aliphatic hydroxyl groups is 1. The van der Waals surface area contributed by atoms with Crippen LogP contribution >= 0.6 is 27.5 Å². The molecular weight excluding hydrogens is 400 g/mol. The van der Waals surface area contributed by atoms with Crippen molar-refractivity contribution in [3.8, 4) is 0 Å². The molecule has 0 radical (unpaired) electrons. The van der Waals surface area contributed by atoms with Gasteiger partial charge in [-0.05, 0) is 27.6 Å². The molecule has 0 unspecified atom stereocenters. The molecule has 2 aromatic heterocycles. The zero-order valence-corrected chi connectivity index (χ0v) is 15.1. The first kappa shape index (κ1) is 16.9. The Morgan fingerprint density at radius 2 is 1.96 bits per heavy atom. The maximum absolute atomic E-state index is 12.7. The van der Waals surface area contributed by atoms with Crippen LogP contribution in [-0.2, 0) is 20.1 Å². The molecule has 2 heterocycles. The molecule has 9 heteroatoms. The van der Waals surface area contributed by atoms with Crippen LogP contribution in [0.1, 0.15) is 5.56 Å². The number of aromatic nitrogens is 4. The van der Waals surface area contributed by atoms with Gasteiger partial charge in [-0.1, -0.05) is 29.8 Å². The summed E-state index contributed by atoms with van der Waals surface area (Å²) < 4.78 is 4.37. The van der Waals surface area contributed by atoms with E-state index in [0.29, 0.717) is 16.3 Å². The fourth-order valence-corrected chi connectivity index (χ4v) is 3.25. The van der Waals surface area contributed by atoms with Crippen LogP contribution in [0.5, 0.6) is 0 Å². The Balaban J connectivity index is 2.30. The summed E-state index contributed by atoms with van der Waals surface area (Å²) in [6, 6.07) is 7.30. The highest BCUT2D eigenvalue weighted by atomic mass is 79.9. The molecule has 3 aromatic rings. The van der Waals surface area contributed by atoms with Gasteiger partial charge in [-0.3, -0.25) is 13.9 Å². The fourth-order valence-electron chi connectivity index (χ4n) is 2.58. The summed E-state index contributed by atoms with van der Waals surface area (Å²) in [5, 5.41) is 9.70. The van der Waals surface area contributed by atoms with Crippen molar-refractivity contribution in [2.75, 3.05) is 6.61 Å². The molecular formula is C15H14BrClN4O3. The first-order valence-electron chi connectivity index (χ1n) is 7.15. The number of benzene rings is 1. The van der Waals surface area contributed by atoms with E-state index in [4.69, 9.17) is 16.7 Å². The number of aliphatic hydroxyl groups excluding tert-OH is 1. The maximum atomic E-state index is 12.7. The van der Waals surface area contributed by atoms with Crippen molar-refractivity contribution in [1.82, 2.24) is 18.7 Å². The van der Waals surface area contributed by atoms with E-state index >= 15 is 0 Å². The molecule has 0 aliphatic rings. The topological polar surface area (TPSA) is 82.0 Å². The van der Waals surface area contributed by atoms with Gasteiger partial charge in [-0.25, -0.2) is 9.78 Å². The number of hydrogen-bond donors (Lipinski definition) is 1. The molecule has 3 rings (SSSR count). The van der Waals surface area contributed by atoms with Gasteiger partial charge in [0.2, 0.25) is 0 Å². The normalized spacial score (nSPS) is 11.3. The van der Waals surface area contributed by atoms with E-state index in [1.807, 2.05) is 18.2 Å². The van der Waals surface area contributed by atoms with Crippen LogP contribution in [-0.4, -0.2) is 30.4 Å². The van der Waals surface area contributed by atoms with Crippen molar-refractivity contribution in [2.45, 2.75) is 13.1 Å². The summed E-state index contributed by atoms with van der Waals surface area (Å²) in [5.74, 6) is 0. The first-order valence-corrected chi connectivity index (χ1v) is 8.32. The number of nitrogens with zero attached hydrogens (tertiary/aromatic N) is 4. The predicted molar refractivity (Wildman–Crippen MR) is 94.6 cm³/mol. The Morgan fingerprint density at radius 1 is 1.25 bits per heavy atom. The van der Waals surface area contributed by atoms with E-state index in [9.17, 15) is 9.59 Å². The van der Waals surface area contributed by atoms with E-state index in [1.54, 1.807) is 10.6 Å². The third-order valence-electron chi connectivity index (χ3n) is 3.80. The van der Waals surface area contributed by atoms with Gasteiger partial charge in [0.05, 0.1) is 19.7 Å². The summed E-state index contributed by atoms with van der Waals surface area (Å²) in [7, 11) is 1.54. The summed E-state index contributed by atoms with van der Waals surface area (Å²) in [6.07, 6.45) is 0. The number of halogens is 2. The average molecular weight is 414 g/mol. The van der Waals surface area contributed by atoms with E-state index in [-0.39, 0.29) is 24.3 Å². The molecule has 0 fully saturated rings. The van der Waals surface area contributed by atoms with Crippen LogP contribution in [0.15, 0.2) is 38.6 Å². The van der Waals surface area contributed by atoms with Crippen molar-refractivity contribution in [1.29, 1.82) is 0 Å². The summed E-state index contributed by atoms with van der Waals surface area (Å²) >= 11 is 9.55. The van der Waals surface area contributed by atoms with Crippen molar-refractivity contribution in [3.05, 3.63) is 60.4 Å². The van der Waals surface area contributed by atoms with Crippen LogP contribution in [0.2, 0.25) is 5.02 Å². The van der Waals surface area contributed by atoms with Crippen molar-refractivity contribution < 1.29 is 5.11 Å². The van der Waals surface area contributed by atoms with Crippen molar-refractivity contribution in [3.63, 3.8) is 0 Å². The number of fused-ring (bicyclic) bond motifs is 1. The zero-order chi connectivity index (χ0) is 17.4. The van der Waals surface area contributed by atoms with Crippen LogP contribution in [0.25, 0.3) is 11.2 Å². The fraction of sp³-hybridized carbons (Fsp3) is 0.267. The highest BCUT2D eigenvalue weighted by Gasteiger charge is 2.19. The lowest BCUT2D eigenvalue weighted by Crippen LogP contribution is -2.40. The third kappa shape index (κ3) is 2.70. The van der Waals surface area contributed by atoms with E-state index in [1.165, 1.54) is 11.6 Å². The number of hydrogen-bond acceptors (Lipinski definition) is 4. The second-order valence-electron chi connectivity index (χ2n) is 5.25. The minimum Gasteiger partial charge on any atom is -0.395 e. The monoisotopic (exact) mass is 412 g/mol. The van der Waals surface area contributed by atoms with Crippen LogP contribution in [0.3, 0.4) is 0 Å².